The first-order chi connectivity index (χ1) is 10.9. The highest BCUT2D eigenvalue weighted by Crippen LogP contribution is 2.36. The van der Waals surface area contributed by atoms with Crippen LogP contribution in [-0.4, -0.2) is 50.5 Å². The van der Waals surface area contributed by atoms with Gasteiger partial charge in [-0.2, -0.15) is 0 Å². The molecule has 10 heteroatoms. The van der Waals surface area contributed by atoms with Gasteiger partial charge in [0.2, 0.25) is 0 Å². The number of primary amides is 1. The molecule has 25 heavy (non-hydrogen) atoms. The van der Waals surface area contributed by atoms with Crippen LogP contribution in [0.25, 0.3) is 0 Å². The molecule has 0 aliphatic heterocycles. The number of rotatable bonds is 11. The van der Waals surface area contributed by atoms with Crippen LogP contribution in [0.5, 0.6) is 11.5 Å². The predicted molar refractivity (Wildman–Crippen MR) is 106 cm³/mol. The third-order valence-electron chi connectivity index (χ3n) is 2.90. The van der Waals surface area contributed by atoms with Crippen LogP contribution in [0.4, 0.5) is 0 Å². The quantitative estimate of drug-likeness (QED) is 0.368. The molecule has 0 saturated heterocycles. The molecule has 1 aromatic carbocycles. The number of carbonyl (C=O) groups excluding carboxylic acids is 1. The van der Waals surface area contributed by atoms with E-state index in [1.54, 1.807) is 6.92 Å². The molecule has 1 atom stereocenters. The molecule has 1 aromatic rings. The molecular weight excluding hydrogens is 437 g/mol. The van der Waals surface area contributed by atoms with Gasteiger partial charge in [0, 0.05) is 26.2 Å². The van der Waals surface area contributed by atoms with Crippen LogP contribution in [0.15, 0.2) is 16.6 Å². The molecule has 1 rings (SSSR count). The second-order valence-electron chi connectivity index (χ2n) is 5.09. The molecule has 0 radical (unpaired) electrons. The van der Waals surface area contributed by atoms with Crippen molar-refractivity contribution in [3.8, 4) is 11.5 Å². The van der Waals surface area contributed by atoms with Gasteiger partial charge in [0.25, 0.3) is 5.91 Å². The van der Waals surface area contributed by atoms with Crippen LogP contribution in [0, 0.1) is 0 Å². The monoisotopic (exact) mass is 461 g/mol. The van der Waals surface area contributed by atoms with Gasteiger partial charge in [-0.3, -0.25) is 4.79 Å². The number of nitrogens with one attached hydrogen (secondary N) is 2. The molecule has 0 aliphatic rings. The number of carbonyl (C=O) groups is 1. The third kappa shape index (κ3) is 10.7. The largest absolute Gasteiger partial charge is 0.493 e. The molecular formula is C15H26BrCl2N3O4. The minimum absolute atomic E-state index is 0. The number of nitrogens with two attached hydrogens (primary N) is 1. The lowest BCUT2D eigenvalue weighted by atomic mass is 10.2. The number of amides is 1. The maximum atomic E-state index is 10.8. The van der Waals surface area contributed by atoms with Gasteiger partial charge in [0.05, 0.1) is 17.7 Å². The van der Waals surface area contributed by atoms with Gasteiger partial charge in [0.1, 0.15) is 0 Å². The Labute approximate surface area is 169 Å². The van der Waals surface area contributed by atoms with Crippen LogP contribution < -0.4 is 25.8 Å². The number of aliphatic hydroxyl groups excluding tert-OH is 1. The van der Waals surface area contributed by atoms with E-state index in [0.29, 0.717) is 29.1 Å². The molecule has 1 unspecified atom stereocenters. The molecule has 0 bridgehead atoms. The summed E-state index contributed by atoms with van der Waals surface area (Å²) in [5, 5.41) is 15.6. The summed E-state index contributed by atoms with van der Waals surface area (Å²) >= 11 is 3.41. The van der Waals surface area contributed by atoms with Crippen molar-refractivity contribution in [1.29, 1.82) is 0 Å². The molecule has 1 amide bonds. The Morgan fingerprint density at radius 2 is 1.96 bits per heavy atom. The normalized spacial score (nSPS) is 11.0. The van der Waals surface area contributed by atoms with E-state index in [1.807, 2.05) is 12.1 Å². The Bertz CT molecular complexity index is 522. The second kappa shape index (κ2) is 14.4. The van der Waals surface area contributed by atoms with Crippen molar-refractivity contribution >= 4 is 46.7 Å². The Morgan fingerprint density at radius 3 is 2.52 bits per heavy atom. The van der Waals surface area contributed by atoms with E-state index in [4.69, 9.17) is 20.3 Å². The van der Waals surface area contributed by atoms with Crippen molar-refractivity contribution in [3.63, 3.8) is 0 Å². The highest BCUT2D eigenvalue weighted by atomic mass is 79.9. The van der Waals surface area contributed by atoms with Crippen molar-refractivity contribution in [3.05, 3.63) is 22.2 Å². The molecule has 7 nitrogen and oxygen atoms in total. The first-order valence-electron chi connectivity index (χ1n) is 7.31. The molecule has 0 heterocycles. The summed E-state index contributed by atoms with van der Waals surface area (Å²) in [6.07, 6.45) is -0.344. The summed E-state index contributed by atoms with van der Waals surface area (Å²) < 4.78 is 11.3. The predicted octanol–water partition coefficient (Wildman–Crippen LogP) is 1.23. The van der Waals surface area contributed by atoms with E-state index < -0.39 is 5.91 Å². The van der Waals surface area contributed by atoms with Crippen LogP contribution in [0.3, 0.4) is 0 Å². The van der Waals surface area contributed by atoms with Gasteiger partial charge in [0.15, 0.2) is 18.1 Å². The number of ether oxygens (including phenoxy) is 2. The van der Waals surface area contributed by atoms with Crippen molar-refractivity contribution < 1.29 is 19.4 Å². The van der Waals surface area contributed by atoms with Gasteiger partial charge in [-0.1, -0.05) is 0 Å². The SMILES string of the molecule is COc1cc(CNCCNCC(C)O)cc(Br)c1OCC(N)=O.Cl.Cl. The van der Waals surface area contributed by atoms with Gasteiger partial charge in [-0.15, -0.1) is 24.8 Å². The first kappa shape index (κ1) is 26.5. The number of hydrogen-bond donors (Lipinski definition) is 4. The van der Waals surface area contributed by atoms with Gasteiger partial charge in [-0.25, -0.2) is 0 Å². The summed E-state index contributed by atoms with van der Waals surface area (Å²) in [7, 11) is 1.54. The van der Waals surface area contributed by atoms with E-state index in [2.05, 4.69) is 26.6 Å². The number of benzene rings is 1. The fourth-order valence-corrected chi connectivity index (χ4v) is 2.48. The molecule has 0 spiro atoms. The number of halogens is 3. The topological polar surface area (TPSA) is 106 Å². The zero-order valence-corrected chi connectivity index (χ0v) is 17.4. The third-order valence-corrected chi connectivity index (χ3v) is 3.48. The van der Waals surface area contributed by atoms with E-state index in [1.165, 1.54) is 7.11 Å². The fraction of sp³-hybridized carbons (Fsp3) is 0.533. The van der Waals surface area contributed by atoms with E-state index in [9.17, 15) is 4.79 Å². The zero-order valence-electron chi connectivity index (χ0n) is 14.2. The second-order valence-corrected chi connectivity index (χ2v) is 5.95. The van der Waals surface area contributed by atoms with Crippen molar-refractivity contribution in [1.82, 2.24) is 10.6 Å². The number of hydrogen-bond acceptors (Lipinski definition) is 6. The standard InChI is InChI=1S/C15H24BrN3O4.2ClH/c1-10(20)7-18-3-4-19-8-11-5-12(16)15(13(6-11)22-2)23-9-14(17)21;;/h5-6,10,18-20H,3-4,7-9H2,1-2H3,(H2,17,21);2*1H. The smallest absolute Gasteiger partial charge is 0.255 e. The van der Waals surface area contributed by atoms with Gasteiger partial charge in [-0.05, 0) is 40.5 Å². The number of aliphatic hydroxyl groups is 1. The molecule has 0 aromatic heterocycles. The Morgan fingerprint density at radius 1 is 1.32 bits per heavy atom. The van der Waals surface area contributed by atoms with E-state index in [-0.39, 0.29) is 37.5 Å². The summed E-state index contributed by atoms with van der Waals surface area (Å²) in [5.74, 6) is 0.438. The Hall–Kier alpha value is -0.770. The lowest BCUT2D eigenvalue weighted by Crippen LogP contribution is -2.31. The minimum atomic E-state index is -0.547. The lowest BCUT2D eigenvalue weighted by molar-refractivity contribution is -0.119. The van der Waals surface area contributed by atoms with E-state index >= 15 is 0 Å². The van der Waals surface area contributed by atoms with Crippen molar-refractivity contribution in [2.75, 3.05) is 33.4 Å². The number of methoxy groups -OCH3 is 1. The first-order valence-corrected chi connectivity index (χ1v) is 8.10. The van der Waals surface area contributed by atoms with Crippen molar-refractivity contribution in [2.24, 2.45) is 5.73 Å². The molecule has 146 valence electrons. The van der Waals surface area contributed by atoms with Crippen LogP contribution in [-0.2, 0) is 11.3 Å². The van der Waals surface area contributed by atoms with Crippen LogP contribution in [0.2, 0.25) is 0 Å². The van der Waals surface area contributed by atoms with Gasteiger partial charge >= 0.3 is 0 Å². The summed E-state index contributed by atoms with van der Waals surface area (Å²) in [6, 6.07) is 3.74. The Kier molecular flexibility index (Phi) is 15.2. The van der Waals surface area contributed by atoms with Crippen LogP contribution in [0.1, 0.15) is 12.5 Å². The minimum Gasteiger partial charge on any atom is -0.493 e. The molecule has 5 N–H and O–H groups in total. The summed E-state index contributed by atoms with van der Waals surface area (Å²) in [5.41, 5.74) is 6.09. The van der Waals surface area contributed by atoms with Gasteiger partial charge < -0.3 is 30.9 Å². The van der Waals surface area contributed by atoms with E-state index in [0.717, 1.165) is 18.7 Å². The molecule has 0 saturated carbocycles. The summed E-state index contributed by atoms with van der Waals surface area (Å²) in [4.78, 5) is 10.8. The zero-order chi connectivity index (χ0) is 17.2. The summed E-state index contributed by atoms with van der Waals surface area (Å²) in [6.45, 7) is 4.30. The highest BCUT2D eigenvalue weighted by Gasteiger charge is 2.12. The molecule has 0 fully saturated rings. The average Bonchev–Trinajstić information content (AvgIpc) is 2.48. The lowest BCUT2D eigenvalue weighted by Gasteiger charge is -2.14. The maximum Gasteiger partial charge on any atom is 0.255 e. The fourth-order valence-electron chi connectivity index (χ4n) is 1.88. The molecule has 0 aliphatic carbocycles. The maximum absolute atomic E-state index is 10.8. The Balaban J connectivity index is 0. The van der Waals surface area contributed by atoms with Crippen LogP contribution >= 0.6 is 40.7 Å². The van der Waals surface area contributed by atoms with Crippen molar-refractivity contribution in [2.45, 2.75) is 19.6 Å². The average molecular weight is 463 g/mol. The highest BCUT2D eigenvalue weighted by molar-refractivity contribution is 9.10.